The van der Waals surface area contributed by atoms with Crippen LogP contribution < -0.4 is 0 Å². The van der Waals surface area contributed by atoms with Crippen LogP contribution in [0.15, 0.2) is 0 Å². The second kappa shape index (κ2) is 22.8. The number of ether oxygens (including phenoxy) is 2. The topological polar surface area (TPSA) is 69.7 Å². The molecule has 0 N–H and O–H groups in total. The summed E-state index contributed by atoms with van der Waals surface area (Å²) >= 11 is 0. The highest BCUT2D eigenvalue weighted by Crippen LogP contribution is 2.13. The quantitative estimate of drug-likeness (QED) is 0.118. The summed E-state index contributed by atoms with van der Waals surface area (Å²) in [6, 6.07) is 0. The molecule has 0 amide bonds. The summed E-state index contributed by atoms with van der Waals surface area (Å²) in [5.74, 6) is -0.750. The lowest BCUT2D eigenvalue weighted by molar-refractivity contribution is -0.153. The van der Waals surface area contributed by atoms with Crippen LogP contribution in [0.4, 0.5) is 0 Å². The van der Waals surface area contributed by atoms with Crippen LogP contribution in [-0.2, 0) is 23.9 Å². The lowest BCUT2D eigenvalue weighted by Crippen LogP contribution is -2.21. The predicted molar refractivity (Wildman–Crippen MR) is 131 cm³/mol. The molecule has 0 radical (unpaired) electrons. The standard InChI is InChI=1S/C27H50O5/c1-4-5-6-7-8-9-10-11-12-13-14-15-16-17-20-23-31-26(29)21-18-19-22-27(30)32-25(3)24(2)28/h25H,4-23H2,1-3H3. The van der Waals surface area contributed by atoms with E-state index in [-0.39, 0.29) is 24.1 Å². The highest BCUT2D eigenvalue weighted by molar-refractivity contribution is 5.83. The van der Waals surface area contributed by atoms with E-state index in [4.69, 9.17) is 9.47 Å². The Morgan fingerprint density at radius 3 is 1.44 bits per heavy atom. The molecule has 0 rings (SSSR count). The number of unbranched alkanes of at least 4 members (excludes halogenated alkanes) is 15. The van der Waals surface area contributed by atoms with Crippen LogP contribution in [0, 0.1) is 0 Å². The third kappa shape index (κ3) is 21.8. The number of carbonyl (C=O) groups is 3. The first kappa shape index (κ1) is 30.6. The maximum atomic E-state index is 11.7. The highest BCUT2D eigenvalue weighted by atomic mass is 16.5. The Morgan fingerprint density at radius 1 is 0.594 bits per heavy atom. The van der Waals surface area contributed by atoms with Gasteiger partial charge in [-0.25, -0.2) is 0 Å². The molecule has 0 heterocycles. The van der Waals surface area contributed by atoms with Crippen LogP contribution in [0.1, 0.15) is 143 Å². The number of hydrogen-bond donors (Lipinski definition) is 0. The molecule has 1 unspecified atom stereocenters. The summed E-state index contributed by atoms with van der Waals surface area (Å²) in [7, 11) is 0. The van der Waals surface area contributed by atoms with E-state index in [0.717, 1.165) is 12.8 Å². The van der Waals surface area contributed by atoms with Gasteiger partial charge in [-0.05, 0) is 33.1 Å². The molecule has 0 aromatic heterocycles. The average Bonchev–Trinajstić information content (AvgIpc) is 2.76. The second-order valence-electron chi connectivity index (χ2n) is 9.12. The first-order valence-corrected chi connectivity index (χ1v) is 13.3. The molecular formula is C27H50O5. The van der Waals surface area contributed by atoms with Gasteiger partial charge in [0.1, 0.15) is 0 Å². The van der Waals surface area contributed by atoms with Crippen molar-refractivity contribution >= 4 is 17.7 Å². The first-order valence-electron chi connectivity index (χ1n) is 13.3. The molecule has 5 heteroatoms. The minimum absolute atomic E-state index is 0.166. The van der Waals surface area contributed by atoms with Gasteiger partial charge < -0.3 is 9.47 Å². The summed E-state index contributed by atoms with van der Waals surface area (Å²) < 4.78 is 10.2. The highest BCUT2D eigenvalue weighted by Gasteiger charge is 2.13. The monoisotopic (exact) mass is 454 g/mol. The molecule has 0 aliphatic rings. The van der Waals surface area contributed by atoms with Crippen LogP contribution in [-0.4, -0.2) is 30.4 Å². The van der Waals surface area contributed by atoms with Crippen LogP contribution in [0.25, 0.3) is 0 Å². The zero-order valence-corrected chi connectivity index (χ0v) is 21.3. The maximum absolute atomic E-state index is 11.7. The van der Waals surface area contributed by atoms with Crippen molar-refractivity contribution in [3.05, 3.63) is 0 Å². The number of carbonyl (C=O) groups excluding carboxylic acids is 3. The minimum atomic E-state index is -0.692. The summed E-state index contributed by atoms with van der Waals surface area (Å²) in [5.41, 5.74) is 0. The molecule has 0 aliphatic heterocycles. The molecule has 0 aliphatic carbocycles. The molecule has 0 fully saturated rings. The first-order chi connectivity index (χ1) is 15.5. The third-order valence-corrected chi connectivity index (χ3v) is 5.90. The Balaban J connectivity index is 3.29. The van der Waals surface area contributed by atoms with E-state index >= 15 is 0 Å². The number of rotatable bonds is 23. The Hall–Kier alpha value is -1.39. The predicted octanol–water partition coefficient (Wildman–Crippen LogP) is 7.48. The molecule has 0 saturated carbocycles. The van der Waals surface area contributed by atoms with Crippen molar-refractivity contribution in [2.24, 2.45) is 0 Å². The van der Waals surface area contributed by atoms with Crippen molar-refractivity contribution in [2.45, 2.75) is 149 Å². The van der Waals surface area contributed by atoms with E-state index in [1.807, 2.05) is 0 Å². The molecule has 0 spiro atoms. The molecule has 5 nitrogen and oxygen atoms in total. The van der Waals surface area contributed by atoms with Gasteiger partial charge in [0.05, 0.1) is 6.61 Å². The number of ketones is 1. The van der Waals surface area contributed by atoms with E-state index < -0.39 is 6.10 Å². The smallest absolute Gasteiger partial charge is 0.306 e. The van der Waals surface area contributed by atoms with Crippen molar-refractivity contribution < 1.29 is 23.9 Å². The summed E-state index contributed by atoms with van der Waals surface area (Å²) in [6.07, 6.45) is 20.8. The van der Waals surface area contributed by atoms with Crippen LogP contribution in [0.2, 0.25) is 0 Å². The molecule has 0 bridgehead atoms. The van der Waals surface area contributed by atoms with Gasteiger partial charge >= 0.3 is 11.9 Å². The van der Waals surface area contributed by atoms with Gasteiger partial charge in [0, 0.05) is 12.8 Å². The fourth-order valence-electron chi connectivity index (χ4n) is 3.61. The minimum Gasteiger partial charge on any atom is -0.466 e. The van der Waals surface area contributed by atoms with Gasteiger partial charge in [-0.1, -0.05) is 96.8 Å². The number of Topliss-reactive ketones (excluding diaryl/α,β-unsaturated/α-hetero) is 1. The van der Waals surface area contributed by atoms with E-state index in [2.05, 4.69) is 6.92 Å². The Bertz CT molecular complexity index is 475. The lowest BCUT2D eigenvalue weighted by Gasteiger charge is -2.09. The molecule has 32 heavy (non-hydrogen) atoms. The zero-order chi connectivity index (χ0) is 23.9. The normalized spacial score (nSPS) is 11.8. The van der Waals surface area contributed by atoms with Gasteiger partial charge in [-0.3, -0.25) is 14.4 Å². The fraction of sp³-hybridized carbons (Fsp3) is 0.889. The van der Waals surface area contributed by atoms with Crippen molar-refractivity contribution in [3.63, 3.8) is 0 Å². The van der Waals surface area contributed by atoms with Crippen LogP contribution >= 0.6 is 0 Å². The van der Waals surface area contributed by atoms with Gasteiger partial charge in [-0.15, -0.1) is 0 Å². The third-order valence-electron chi connectivity index (χ3n) is 5.90. The largest absolute Gasteiger partial charge is 0.466 e. The van der Waals surface area contributed by atoms with E-state index in [0.29, 0.717) is 25.9 Å². The van der Waals surface area contributed by atoms with Crippen molar-refractivity contribution in [3.8, 4) is 0 Å². The molecule has 188 valence electrons. The van der Waals surface area contributed by atoms with Gasteiger partial charge in [0.25, 0.3) is 0 Å². The second-order valence-corrected chi connectivity index (χ2v) is 9.12. The average molecular weight is 455 g/mol. The van der Waals surface area contributed by atoms with Gasteiger partial charge in [0.15, 0.2) is 11.9 Å². The summed E-state index contributed by atoms with van der Waals surface area (Å²) in [5, 5.41) is 0. The zero-order valence-electron chi connectivity index (χ0n) is 21.3. The maximum Gasteiger partial charge on any atom is 0.306 e. The molecular weight excluding hydrogens is 404 g/mol. The van der Waals surface area contributed by atoms with Crippen molar-refractivity contribution in [2.75, 3.05) is 6.61 Å². The Labute approximate surface area is 197 Å². The SMILES string of the molecule is CCCCCCCCCCCCCCCCCOC(=O)CCCCC(=O)OC(C)C(C)=O. The molecule has 0 saturated heterocycles. The summed E-state index contributed by atoms with van der Waals surface area (Å²) in [4.78, 5) is 34.3. The van der Waals surface area contributed by atoms with E-state index in [1.165, 1.54) is 90.4 Å². The Kier molecular flexibility index (Phi) is 21.8. The fourth-order valence-corrected chi connectivity index (χ4v) is 3.61. The van der Waals surface area contributed by atoms with Crippen LogP contribution in [0.5, 0.6) is 0 Å². The number of hydrogen-bond acceptors (Lipinski definition) is 5. The van der Waals surface area contributed by atoms with E-state index in [9.17, 15) is 14.4 Å². The molecule has 0 aromatic rings. The molecule has 1 atom stereocenters. The molecule has 0 aromatic carbocycles. The van der Waals surface area contributed by atoms with E-state index in [1.54, 1.807) is 6.92 Å². The lowest BCUT2D eigenvalue weighted by atomic mass is 10.0. The van der Waals surface area contributed by atoms with Crippen molar-refractivity contribution in [1.82, 2.24) is 0 Å². The van der Waals surface area contributed by atoms with Gasteiger partial charge in [-0.2, -0.15) is 0 Å². The Morgan fingerprint density at radius 2 is 1.00 bits per heavy atom. The van der Waals surface area contributed by atoms with Crippen LogP contribution in [0.3, 0.4) is 0 Å². The summed E-state index contributed by atoms with van der Waals surface area (Å²) in [6.45, 7) is 5.72. The van der Waals surface area contributed by atoms with Crippen molar-refractivity contribution in [1.29, 1.82) is 0 Å². The van der Waals surface area contributed by atoms with Gasteiger partial charge in [0.2, 0.25) is 0 Å². The number of esters is 2.